The zero-order chi connectivity index (χ0) is 20.1. The number of unbranched alkanes of at least 4 members (excludes halogenated alkanes) is 6. The van der Waals surface area contributed by atoms with Crippen molar-refractivity contribution < 1.29 is 24.2 Å². The van der Waals surface area contributed by atoms with E-state index >= 15 is 0 Å². The predicted octanol–water partition coefficient (Wildman–Crippen LogP) is 5.09. The molecule has 0 spiro atoms. The fraction of sp³-hybridized carbons (Fsp3) is 0.545. The molecule has 0 saturated carbocycles. The van der Waals surface area contributed by atoms with Crippen LogP contribution in [0.4, 0.5) is 0 Å². The third-order valence-corrected chi connectivity index (χ3v) is 5.40. The van der Waals surface area contributed by atoms with Gasteiger partial charge in [-0.1, -0.05) is 45.4 Å². The van der Waals surface area contributed by atoms with Gasteiger partial charge in [0.25, 0.3) is 0 Å². The number of nitrogens with zero attached hydrogens (tertiary/aromatic N) is 1. The Morgan fingerprint density at radius 1 is 1.04 bits per heavy atom. The molecule has 152 valence electrons. The number of fused-ring (bicyclic) bond motifs is 2. The molecule has 1 N–H and O–H groups in total. The molecule has 6 heteroatoms. The van der Waals surface area contributed by atoms with Crippen LogP contribution in [0.15, 0.2) is 12.1 Å². The van der Waals surface area contributed by atoms with Crippen LogP contribution in [0, 0.1) is 6.92 Å². The van der Waals surface area contributed by atoms with E-state index in [9.17, 15) is 14.7 Å². The summed E-state index contributed by atoms with van der Waals surface area (Å²) in [7, 11) is 0. The molecule has 0 fully saturated rings. The number of aliphatic carboxylic acids is 1. The molecular weight excluding hydrogens is 358 g/mol. The molecule has 0 saturated heterocycles. The van der Waals surface area contributed by atoms with Gasteiger partial charge >= 0.3 is 5.97 Å². The lowest BCUT2D eigenvalue weighted by Crippen LogP contribution is -2.12. The van der Waals surface area contributed by atoms with Crippen LogP contribution >= 0.6 is 0 Å². The predicted molar refractivity (Wildman–Crippen MR) is 107 cm³/mol. The third kappa shape index (κ3) is 4.32. The number of rotatable bonds is 10. The number of carboxylic acid groups (broad SMARTS) is 1. The smallest absolute Gasteiger partial charge is 0.307 e. The first-order chi connectivity index (χ1) is 13.5. The van der Waals surface area contributed by atoms with Gasteiger partial charge in [-0.05, 0) is 25.0 Å². The normalized spacial score (nSPS) is 12.6. The van der Waals surface area contributed by atoms with Crippen LogP contribution in [0.3, 0.4) is 0 Å². The van der Waals surface area contributed by atoms with Crippen molar-refractivity contribution in [3.05, 3.63) is 23.4 Å². The Hall–Kier alpha value is -2.50. The number of aromatic nitrogens is 1. The van der Waals surface area contributed by atoms with E-state index in [2.05, 4.69) is 6.92 Å². The average molecular weight is 387 g/mol. The second kappa shape index (κ2) is 9.13. The van der Waals surface area contributed by atoms with E-state index in [0.29, 0.717) is 34.7 Å². The monoisotopic (exact) mass is 387 g/mol. The minimum absolute atomic E-state index is 0.00608. The van der Waals surface area contributed by atoms with Gasteiger partial charge in [0.1, 0.15) is 0 Å². The highest BCUT2D eigenvalue weighted by Gasteiger charge is 2.24. The van der Waals surface area contributed by atoms with Gasteiger partial charge < -0.3 is 14.6 Å². The van der Waals surface area contributed by atoms with Crippen molar-refractivity contribution in [3.8, 4) is 11.5 Å². The molecule has 0 amide bonds. The first-order valence-electron chi connectivity index (χ1n) is 10.2. The Bertz CT molecular complexity index is 868. The van der Waals surface area contributed by atoms with E-state index in [0.717, 1.165) is 24.6 Å². The molecule has 2 aromatic rings. The lowest BCUT2D eigenvalue weighted by atomic mass is 10.1. The van der Waals surface area contributed by atoms with E-state index < -0.39 is 5.97 Å². The van der Waals surface area contributed by atoms with Crippen LogP contribution in [0.2, 0.25) is 0 Å². The molecule has 0 aliphatic carbocycles. The summed E-state index contributed by atoms with van der Waals surface area (Å²) in [4.78, 5) is 24.3. The van der Waals surface area contributed by atoms with Crippen molar-refractivity contribution in [2.75, 3.05) is 6.79 Å². The Labute approximate surface area is 165 Å². The topological polar surface area (TPSA) is 77.8 Å². The maximum atomic E-state index is 13.0. The molecule has 1 aromatic carbocycles. The number of carbonyl (C=O) groups is 2. The summed E-state index contributed by atoms with van der Waals surface area (Å²) in [6.07, 6.45) is 8.37. The Morgan fingerprint density at radius 2 is 1.68 bits per heavy atom. The first-order valence-corrected chi connectivity index (χ1v) is 10.2. The summed E-state index contributed by atoms with van der Waals surface area (Å²) in [6.45, 7) is 4.16. The zero-order valence-electron chi connectivity index (χ0n) is 16.8. The molecular formula is C22H29NO5. The van der Waals surface area contributed by atoms with Gasteiger partial charge in [0.2, 0.25) is 12.7 Å². The van der Waals surface area contributed by atoms with Crippen molar-refractivity contribution >= 4 is 22.8 Å². The van der Waals surface area contributed by atoms with Crippen molar-refractivity contribution in [2.24, 2.45) is 0 Å². The second-order valence-electron chi connectivity index (χ2n) is 7.46. The lowest BCUT2D eigenvalue weighted by molar-refractivity contribution is -0.136. The highest BCUT2D eigenvalue weighted by molar-refractivity contribution is 5.99. The number of hydrogen-bond donors (Lipinski definition) is 1. The number of benzene rings is 1. The van der Waals surface area contributed by atoms with Gasteiger partial charge in [-0.2, -0.15) is 0 Å². The average Bonchev–Trinajstić information content (AvgIpc) is 3.21. The minimum atomic E-state index is -0.917. The highest BCUT2D eigenvalue weighted by Crippen LogP contribution is 2.39. The summed E-state index contributed by atoms with van der Waals surface area (Å²) in [5, 5.41) is 10.1. The number of carbonyl (C=O) groups excluding carboxylic acids is 1. The van der Waals surface area contributed by atoms with Crippen LogP contribution < -0.4 is 9.47 Å². The number of hydrogen-bond acceptors (Lipinski definition) is 4. The lowest BCUT2D eigenvalue weighted by Gasteiger charge is -2.08. The third-order valence-electron chi connectivity index (χ3n) is 5.40. The standard InChI is InChI=1S/C22H29NO5/c1-3-4-5-6-7-8-9-10-21(24)23-15(2)16(12-22(25)26)17-11-19-20(13-18(17)23)28-14-27-19/h11,13H,3-10,12,14H2,1-2H3,(H,25,26). The number of ether oxygens (including phenoxy) is 2. The fourth-order valence-electron chi connectivity index (χ4n) is 3.91. The van der Waals surface area contributed by atoms with Gasteiger partial charge in [-0.25, -0.2) is 0 Å². The summed E-state index contributed by atoms with van der Waals surface area (Å²) in [5.41, 5.74) is 2.05. The van der Waals surface area contributed by atoms with Crippen molar-refractivity contribution in [1.82, 2.24) is 4.57 Å². The van der Waals surface area contributed by atoms with Gasteiger partial charge in [0.15, 0.2) is 11.5 Å². The van der Waals surface area contributed by atoms with E-state index in [-0.39, 0.29) is 19.1 Å². The van der Waals surface area contributed by atoms with Crippen LogP contribution in [0.5, 0.6) is 11.5 Å². The zero-order valence-corrected chi connectivity index (χ0v) is 16.8. The molecule has 1 aromatic heterocycles. The number of carboxylic acids is 1. The molecule has 0 radical (unpaired) electrons. The van der Waals surface area contributed by atoms with Gasteiger partial charge in [-0.15, -0.1) is 0 Å². The van der Waals surface area contributed by atoms with E-state index in [1.165, 1.54) is 25.7 Å². The summed E-state index contributed by atoms with van der Waals surface area (Å²) >= 11 is 0. The van der Waals surface area contributed by atoms with Crippen LogP contribution in [-0.4, -0.2) is 28.3 Å². The molecule has 6 nitrogen and oxygen atoms in total. The molecule has 1 aliphatic heterocycles. The second-order valence-corrected chi connectivity index (χ2v) is 7.46. The van der Waals surface area contributed by atoms with Gasteiger partial charge in [-0.3, -0.25) is 14.2 Å². The molecule has 0 atom stereocenters. The molecule has 0 unspecified atom stereocenters. The van der Waals surface area contributed by atoms with Crippen LogP contribution in [-0.2, 0) is 11.2 Å². The van der Waals surface area contributed by atoms with E-state index in [1.807, 2.05) is 6.92 Å². The van der Waals surface area contributed by atoms with E-state index in [1.54, 1.807) is 16.7 Å². The quantitative estimate of drug-likeness (QED) is 0.575. The Morgan fingerprint density at radius 3 is 2.36 bits per heavy atom. The largest absolute Gasteiger partial charge is 0.481 e. The Kier molecular flexibility index (Phi) is 6.60. The molecule has 28 heavy (non-hydrogen) atoms. The highest BCUT2D eigenvalue weighted by atomic mass is 16.7. The summed E-state index contributed by atoms with van der Waals surface area (Å²) in [5.74, 6) is 0.276. The molecule has 2 heterocycles. The van der Waals surface area contributed by atoms with Crippen molar-refractivity contribution in [3.63, 3.8) is 0 Å². The minimum Gasteiger partial charge on any atom is -0.481 e. The first kappa shape index (κ1) is 20.2. The van der Waals surface area contributed by atoms with Crippen molar-refractivity contribution in [1.29, 1.82) is 0 Å². The van der Waals surface area contributed by atoms with Gasteiger partial charge in [0, 0.05) is 23.6 Å². The molecule has 3 rings (SSSR count). The Balaban J connectivity index is 1.78. The fourth-order valence-corrected chi connectivity index (χ4v) is 3.91. The molecule has 1 aliphatic rings. The summed E-state index contributed by atoms with van der Waals surface area (Å²) in [6, 6.07) is 3.58. The molecule has 0 bridgehead atoms. The SMILES string of the molecule is CCCCCCCCCC(=O)n1c(C)c(CC(=O)O)c2cc3c(cc21)OCO3. The van der Waals surface area contributed by atoms with E-state index in [4.69, 9.17) is 9.47 Å². The summed E-state index contributed by atoms with van der Waals surface area (Å²) < 4.78 is 12.5. The van der Waals surface area contributed by atoms with Gasteiger partial charge in [0.05, 0.1) is 11.9 Å². The van der Waals surface area contributed by atoms with Crippen molar-refractivity contribution in [2.45, 2.75) is 71.6 Å². The van der Waals surface area contributed by atoms with Crippen LogP contribution in [0.25, 0.3) is 10.9 Å². The van der Waals surface area contributed by atoms with Crippen LogP contribution in [0.1, 0.15) is 74.3 Å². The maximum Gasteiger partial charge on any atom is 0.307 e. The maximum absolute atomic E-state index is 13.0.